The quantitative estimate of drug-likeness (QED) is 0.513. The zero-order valence-corrected chi connectivity index (χ0v) is 5.71. The van der Waals surface area contributed by atoms with Crippen molar-refractivity contribution in [2.24, 2.45) is 0 Å². The van der Waals surface area contributed by atoms with Gasteiger partial charge in [-0.3, -0.25) is 4.79 Å². The first-order valence-electron chi connectivity index (χ1n) is 3.61. The number of nitrogens with one attached hydrogen (secondary N) is 1. The van der Waals surface area contributed by atoms with Crippen LogP contribution in [0, 0.1) is 0 Å². The SMILES string of the molecule is O=C1NC=CN2CCCC12. The summed E-state index contributed by atoms with van der Waals surface area (Å²) in [6.45, 7) is 1.04. The van der Waals surface area contributed by atoms with Gasteiger partial charge in [0, 0.05) is 18.9 Å². The average Bonchev–Trinajstić information content (AvgIpc) is 2.36. The number of hydrogen-bond acceptors (Lipinski definition) is 2. The summed E-state index contributed by atoms with van der Waals surface area (Å²) in [4.78, 5) is 13.2. The summed E-state index contributed by atoms with van der Waals surface area (Å²) in [6, 6.07) is 0.130. The summed E-state index contributed by atoms with van der Waals surface area (Å²) in [6.07, 6.45) is 5.82. The molecular formula is C7H10N2O. The van der Waals surface area contributed by atoms with Crippen molar-refractivity contribution in [3.63, 3.8) is 0 Å². The molecule has 3 heteroatoms. The molecule has 0 aromatic heterocycles. The van der Waals surface area contributed by atoms with Gasteiger partial charge in [-0.2, -0.15) is 0 Å². The van der Waals surface area contributed by atoms with E-state index < -0.39 is 0 Å². The third kappa shape index (κ3) is 0.701. The molecular weight excluding hydrogens is 128 g/mol. The second-order valence-corrected chi connectivity index (χ2v) is 2.72. The topological polar surface area (TPSA) is 32.3 Å². The molecule has 1 fully saturated rings. The number of rotatable bonds is 0. The van der Waals surface area contributed by atoms with Gasteiger partial charge < -0.3 is 10.2 Å². The maximum absolute atomic E-state index is 11.1. The zero-order valence-electron chi connectivity index (χ0n) is 5.71. The van der Waals surface area contributed by atoms with Gasteiger partial charge >= 0.3 is 0 Å². The van der Waals surface area contributed by atoms with Crippen molar-refractivity contribution < 1.29 is 4.79 Å². The summed E-state index contributed by atoms with van der Waals surface area (Å²) in [5, 5.41) is 2.69. The van der Waals surface area contributed by atoms with Gasteiger partial charge in [0.15, 0.2) is 0 Å². The van der Waals surface area contributed by atoms with Gasteiger partial charge in [-0.1, -0.05) is 0 Å². The molecule has 1 saturated heterocycles. The Kier molecular flexibility index (Phi) is 1.16. The number of fused-ring (bicyclic) bond motifs is 1. The van der Waals surface area contributed by atoms with Gasteiger partial charge in [-0.15, -0.1) is 0 Å². The van der Waals surface area contributed by atoms with Crippen LogP contribution in [0.1, 0.15) is 12.8 Å². The Hall–Kier alpha value is -0.990. The first kappa shape index (κ1) is 5.77. The number of hydrogen-bond donors (Lipinski definition) is 1. The highest BCUT2D eigenvalue weighted by molar-refractivity contribution is 5.83. The molecule has 2 rings (SSSR count). The Labute approximate surface area is 59.7 Å². The lowest BCUT2D eigenvalue weighted by Gasteiger charge is -2.24. The van der Waals surface area contributed by atoms with Crippen LogP contribution in [0.15, 0.2) is 12.4 Å². The Balaban J connectivity index is 2.22. The third-order valence-electron chi connectivity index (χ3n) is 2.09. The molecule has 0 saturated carbocycles. The van der Waals surface area contributed by atoms with Crippen molar-refractivity contribution in [2.45, 2.75) is 18.9 Å². The Morgan fingerprint density at radius 3 is 3.40 bits per heavy atom. The minimum Gasteiger partial charge on any atom is -0.364 e. The van der Waals surface area contributed by atoms with Crippen LogP contribution >= 0.6 is 0 Å². The van der Waals surface area contributed by atoms with Crippen LogP contribution in [0.3, 0.4) is 0 Å². The first-order valence-corrected chi connectivity index (χ1v) is 3.61. The molecule has 10 heavy (non-hydrogen) atoms. The second kappa shape index (κ2) is 2.01. The van der Waals surface area contributed by atoms with Gasteiger partial charge in [-0.25, -0.2) is 0 Å². The van der Waals surface area contributed by atoms with Crippen LogP contribution in [-0.2, 0) is 4.79 Å². The molecule has 0 aromatic carbocycles. The fourth-order valence-corrected chi connectivity index (χ4v) is 1.56. The van der Waals surface area contributed by atoms with Gasteiger partial charge in [0.1, 0.15) is 6.04 Å². The van der Waals surface area contributed by atoms with E-state index in [1.54, 1.807) is 6.20 Å². The molecule has 0 radical (unpaired) electrons. The third-order valence-corrected chi connectivity index (χ3v) is 2.09. The zero-order chi connectivity index (χ0) is 6.97. The molecule has 2 aliphatic rings. The fourth-order valence-electron chi connectivity index (χ4n) is 1.56. The molecule has 0 aliphatic carbocycles. The molecule has 1 unspecified atom stereocenters. The summed E-state index contributed by atoms with van der Waals surface area (Å²) < 4.78 is 0. The molecule has 3 nitrogen and oxygen atoms in total. The van der Waals surface area contributed by atoms with Crippen LogP contribution in [0.25, 0.3) is 0 Å². The smallest absolute Gasteiger partial charge is 0.246 e. The maximum atomic E-state index is 11.1. The highest BCUT2D eigenvalue weighted by Crippen LogP contribution is 2.19. The van der Waals surface area contributed by atoms with Crippen LogP contribution in [0.5, 0.6) is 0 Å². The lowest BCUT2D eigenvalue weighted by molar-refractivity contribution is -0.124. The van der Waals surface area contributed by atoms with E-state index in [9.17, 15) is 4.79 Å². The van der Waals surface area contributed by atoms with Crippen LogP contribution in [0.2, 0.25) is 0 Å². The summed E-state index contributed by atoms with van der Waals surface area (Å²) in [5.74, 6) is 0.153. The van der Waals surface area contributed by atoms with E-state index in [0.29, 0.717) is 0 Å². The molecule has 1 amide bonds. The van der Waals surface area contributed by atoms with Crippen molar-refractivity contribution in [1.82, 2.24) is 10.2 Å². The summed E-state index contributed by atoms with van der Waals surface area (Å²) in [5.41, 5.74) is 0. The van der Waals surface area contributed by atoms with E-state index in [-0.39, 0.29) is 11.9 Å². The Morgan fingerprint density at radius 2 is 2.60 bits per heavy atom. The van der Waals surface area contributed by atoms with E-state index in [2.05, 4.69) is 10.2 Å². The molecule has 1 atom stereocenters. The number of carbonyl (C=O) groups excluding carboxylic acids is 1. The molecule has 0 bridgehead atoms. The average molecular weight is 138 g/mol. The second-order valence-electron chi connectivity index (χ2n) is 2.72. The molecule has 2 aliphatic heterocycles. The molecule has 1 N–H and O–H groups in total. The van der Waals surface area contributed by atoms with Crippen LogP contribution in [-0.4, -0.2) is 23.4 Å². The van der Waals surface area contributed by atoms with Crippen molar-refractivity contribution in [3.8, 4) is 0 Å². The molecule has 54 valence electrons. The Morgan fingerprint density at radius 1 is 1.70 bits per heavy atom. The van der Waals surface area contributed by atoms with Gasteiger partial charge in [0.05, 0.1) is 0 Å². The van der Waals surface area contributed by atoms with E-state index in [4.69, 9.17) is 0 Å². The Bertz CT molecular complexity index is 188. The van der Waals surface area contributed by atoms with E-state index in [0.717, 1.165) is 19.4 Å². The van der Waals surface area contributed by atoms with Crippen LogP contribution in [0.4, 0.5) is 0 Å². The molecule has 2 heterocycles. The monoisotopic (exact) mass is 138 g/mol. The molecule has 0 aromatic rings. The minimum absolute atomic E-state index is 0.130. The standard InChI is InChI=1S/C7H10N2O/c10-7-6-2-1-4-9(6)5-3-8-7/h3,5-6H,1-2,4H2,(H,8,10). The predicted octanol–water partition coefficient (Wildman–Crippen LogP) is 0.0518. The largest absolute Gasteiger partial charge is 0.364 e. The highest BCUT2D eigenvalue weighted by atomic mass is 16.2. The normalized spacial score (nSPS) is 30.2. The summed E-state index contributed by atoms with van der Waals surface area (Å²) >= 11 is 0. The van der Waals surface area contributed by atoms with Crippen molar-refractivity contribution in [1.29, 1.82) is 0 Å². The van der Waals surface area contributed by atoms with Crippen molar-refractivity contribution in [3.05, 3.63) is 12.4 Å². The van der Waals surface area contributed by atoms with E-state index >= 15 is 0 Å². The lowest BCUT2D eigenvalue weighted by Crippen LogP contribution is -2.42. The summed E-state index contributed by atoms with van der Waals surface area (Å²) in [7, 11) is 0. The van der Waals surface area contributed by atoms with Crippen molar-refractivity contribution in [2.75, 3.05) is 6.54 Å². The first-order chi connectivity index (χ1) is 4.88. The minimum atomic E-state index is 0.130. The van der Waals surface area contributed by atoms with Gasteiger partial charge in [0.25, 0.3) is 0 Å². The lowest BCUT2D eigenvalue weighted by atomic mass is 10.2. The number of carbonyl (C=O) groups is 1. The van der Waals surface area contributed by atoms with Crippen LogP contribution < -0.4 is 5.32 Å². The van der Waals surface area contributed by atoms with Gasteiger partial charge in [0.2, 0.25) is 5.91 Å². The highest BCUT2D eigenvalue weighted by Gasteiger charge is 2.29. The number of nitrogens with zero attached hydrogens (tertiary/aromatic N) is 1. The van der Waals surface area contributed by atoms with Gasteiger partial charge in [-0.05, 0) is 12.8 Å². The fraction of sp³-hybridized carbons (Fsp3) is 0.571. The molecule has 0 spiro atoms. The predicted molar refractivity (Wildman–Crippen MR) is 37.0 cm³/mol. The number of amides is 1. The van der Waals surface area contributed by atoms with E-state index in [1.807, 2.05) is 6.20 Å². The maximum Gasteiger partial charge on any atom is 0.246 e. The van der Waals surface area contributed by atoms with E-state index in [1.165, 1.54) is 0 Å². The van der Waals surface area contributed by atoms with Crippen molar-refractivity contribution >= 4 is 5.91 Å².